The molecule has 0 saturated heterocycles. The molecule has 17 heavy (non-hydrogen) atoms. The smallest absolute Gasteiger partial charge is 0.0315 e. The first-order valence-electron chi connectivity index (χ1n) is 5.21. The zero-order chi connectivity index (χ0) is 12.4. The summed E-state index contributed by atoms with van der Waals surface area (Å²) in [5.74, 6) is 0. The molecule has 0 amide bonds. The van der Waals surface area contributed by atoms with Gasteiger partial charge in [0.15, 0.2) is 0 Å². The molecule has 1 atom stereocenters. The van der Waals surface area contributed by atoms with Crippen molar-refractivity contribution >= 4 is 79.5 Å². The Kier molecular flexibility index (Phi) is 5.69. The second kappa shape index (κ2) is 6.60. The molecule has 0 bridgehead atoms. The van der Waals surface area contributed by atoms with Gasteiger partial charge >= 0.3 is 0 Å². The van der Waals surface area contributed by atoms with Crippen LogP contribution in [0.15, 0.2) is 44.4 Å². The van der Waals surface area contributed by atoms with Gasteiger partial charge in [0, 0.05) is 20.9 Å². The summed E-state index contributed by atoms with van der Waals surface area (Å²) in [6.07, 6.45) is 5.74. The maximum Gasteiger partial charge on any atom is 0.0315 e. The highest BCUT2D eigenvalue weighted by molar-refractivity contribution is 14.1. The number of halogens is 3. The van der Waals surface area contributed by atoms with Crippen molar-refractivity contribution < 1.29 is 0 Å². The molecule has 0 aromatic heterocycles. The first kappa shape index (κ1) is 14.6. The van der Waals surface area contributed by atoms with E-state index in [-0.39, 0.29) is 0 Å². The molecule has 0 N–H and O–H groups in total. The van der Waals surface area contributed by atoms with Crippen molar-refractivity contribution in [2.45, 2.75) is 23.5 Å². The van der Waals surface area contributed by atoms with Crippen molar-refractivity contribution in [1.82, 2.24) is 0 Å². The molecule has 2 rings (SSSR count). The van der Waals surface area contributed by atoms with Crippen LogP contribution < -0.4 is 0 Å². The highest BCUT2D eigenvalue weighted by Gasteiger charge is 2.13. The first-order valence-corrected chi connectivity index (χ1v) is 9.33. The van der Waals surface area contributed by atoms with Crippen LogP contribution in [0.3, 0.4) is 0 Å². The van der Waals surface area contributed by atoms with Crippen LogP contribution in [0.4, 0.5) is 0 Å². The van der Waals surface area contributed by atoms with E-state index in [4.69, 9.17) is 0 Å². The number of rotatable bonds is 2. The van der Waals surface area contributed by atoms with Gasteiger partial charge in [0.05, 0.1) is 0 Å². The molecule has 1 aliphatic rings. The normalized spacial score (nSPS) is 19.9. The fourth-order valence-corrected chi connectivity index (χ4v) is 4.27. The van der Waals surface area contributed by atoms with Crippen LogP contribution >= 0.6 is 79.5 Å². The summed E-state index contributed by atoms with van der Waals surface area (Å²) in [4.78, 5) is 1.37. The Morgan fingerprint density at radius 1 is 1.18 bits per heavy atom. The number of thioether (sulfide) groups is 1. The molecule has 0 fully saturated rings. The van der Waals surface area contributed by atoms with Crippen LogP contribution in [-0.2, 0) is 0 Å². The highest BCUT2D eigenvalue weighted by atomic mass is 127. The maximum absolute atomic E-state index is 2.41. The van der Waals surface area contributed by atoms with E-state index in [0.29, 0.717) is 5.25 Å². The average molecular weight is 580 g/mol. The summed E-state index contributed by atoms with van der Waals surface area (Å²) in [6, 6.07) is 6.70. The lowest BCUT2D eigenvalue weighted by molar-refractivity contribution is 0.975. The van der Waals surface area contributed by atoms with Crippen LogP contribution in [0, 0.1) is 7.14 Å². The average Bonchev–Trinajstić information content (AvgIpc) is 2.29. The SMILES string of the molecule is CC1=C(I)C=CC(Sc2ccc(I)c(I)c2)C1. The van der Waals surface area contributed by atoms with Gasteiger partial charge in [0.1, 0.15) is 0 Å². The summed E-state index contributed by atoms with van der Waals surface area (Å²) in [5.41, 5.74) is 1.51. The number of benzene rings is 1. The van der Waals surface area contributed by atoms with Crippen LogP contribution in [0.1, 0.15) is 13.3 Å². The van der Waals surface area contributed by atoms with E-state index in [0.717, 1.165) is 0 Å². The Morgan fingerprint density at radius 2 is 1.94 bits per heavy atom. The fraction of sp³-hybridized carbons (Fsp3) is 0.231. The minimum absolute atomic E-state index is 0.587. The maximum atomic E-state index is 2.41. The van der Waals surface area contributed by atoms with E-state index in [2.05, 4.69) is 105 Å². The Balaban J connectivity index is 2.08. The Labute approximate surface area is 148 Å². The second-order valence-electron chi connectivity index (χ2n) is 3.92. The number of hydrogen-bond acceptors (Lipinski definition) is 1. The predicted molar refractivity (Wildman–Crippen MR) is 102 cm³/mol. The molecule has 1 aliphatic carbocycles. The van der Waals surface area contributed by atoms with E-state index in [1.54, 1.807) is 0 Å². The molecular weight excluding hydrogens is 569 g/mol. The van der Waals surface area contributed by atoms with Crippen molar-refractivity contribution in [2.75, 3.05) is 0 Å². The lowest BCUT2D eigenvalue weighted by Gasteiger charge is -2.18. The van der Waals surface area contributed by atoms with Crippen molar-refractivity contribution in [2.24, 2.45) is 0 Å². The molecule has 0 spiro atoms. The van der Waals surface area contributed by atoms with Crippen LogP contribution in [-0.4, -0.2) is 5.25 Å². The molecule has 0 heterocycles. The molecule has 0 aliphatic heterocycles. The summed E-state index contributed by atoms with van der Waals surface area (Å²) >= 11 is 9.16. The number of hydrogen-bond donors (Lipinski definition) is 0. The second-order valence-corrected chi connectivity index (χ2v) is 8.72. The van der Waals surface area contributed by atoms with Crippen molar-refractivity contribution in [3.8, 4) is 0 Å². The van der Waals surface area contributed by atoms with Gasteiger partial charge in [0.25, 0.3) is 0 Å². The standard InChI is InChI=1S/C13H11I3S/c1-8-6-9(2-4-11(8)14)17-10-3-5-12(15)13(16)7-10/h2-5,7,9H,6H2,1H3. The molecule has 1 aromatic rings. The van der Waals surface area contributed by atoms with Gasteiger partial charge in [0.2, 0.25) is 0 Å². The summed E-state index contributed by atoms with van der Waals surface area (Å²) in [5, 5.41) is 0.587. The molecule has 0 saturated carbocycles. The van der Waals surface area contributed by atoms with Gasteiger partial charge in [-0.15, -0.1) is 11.8 Å². The van der Waals surface area contributed by atoms with Crippen LogP contribution in [0.2, 0.25) is 0 Å². The topological polar surface area (TPSA) is 0 Å². The van der Waals surface area contributed by atoms with Gasteiger partial charge in [-0.05, 0) is 99.3 Å². The summed E-state index contributed by atoms with van der Waals surface area (Å²) in [7, 11) is 0. The van der Waals surface area contributed by atoms with Crippen molar-refractivity contribution in [3.05, 3.63) is 46.6 Å². The highest BCUT2D eigenvalue weighted by Crippen LogP contribution is 2.35. The lowest BCUT2D eigenvalue weighted by atomic mass is 10.1. The molecule has 1 unspecified atom stereocenters. The first-order chi connectivity index (χ1) is 8.06. The van der Waals surface area contributed by atoms with Crippen LogP contribution in [0.5, 0.6) is 0 Å². The van der Waals surface area contributed by atoms with Crippen LogP contribution in [0.25, 0.3) is 0 Å². The molecule has 90 valence electrons. The minimum Gasteiger partial charge on any atom is -0.118 e. The van der Waals surface area contributed by atoms with E-state index in [1.807, 2.05) is 11.8 Å². The monoisotopic (exact) mass is 580 g/mol. The summed E-state index contributed by atoms with van der Waals surface area (Å²) in [6.45, 7) is 2.23. The molecule has 0 nitrogen and oxygen atoms in total. The van der Waals surface area contributed by atoms with E-state index in [9.17, 15) is 0 Å². The largest absolute Gasteiger partial charge is 0.118 e. The third-order valence-electron chi connectivity index (χ3n) is 2.55. The Hall–Kier alpha value is 1.24. The molecule has 0 radical (unpaired) electrons. The fourth-order valence-electron chi connectivity index (χ4n) is 1.61. The van der Waals surface area contributed by atoms with Gasteiger partial charge < -0.3 is 0 Å². The quantitative estimate of drug-likeness (QED) is 0.386. The van der Waals surface area contributed by atoms with Crippen molar-refractivity contribution in [1.29, 1.82) is 0 Å². The van der Waals surface area contributed by atoms with Gasteiger partial charge in [-0.3, -0.25) is 0 Å². The minimum atomic E-state index is 0.587. The zero-order valence-electron chi connectivity index (χ0n) is 9.21. The van der Waals surface area contributed by atoms with E-state index < -0.39 is 0 Å². The third-order valence-corrected chi connectivity index (χ3v) is 7.85. The third kappa shape index (κ3) is 4.10. The summed E-state index contributed by atoms with van der Waals surface area (Å²) < 4.78 is 4.07. The van der Waals surface area contributed by atoms with E-state index >= 15 is 0 Å². The van der Waals surface area contributed by atoms with Gasteiger partial charge in [-0.1, -0.05) is 17.7 Å². The Bertz CT molecular complexity index is 491. The van der Waals surface area contributed by atoms with E-state index in [1.165, 1.54) is 27.6 Å². The number of allylic oxidation sites excluding steroid dienone is 3. The molecular formula is C13H11I3S. The van der Waals surface area contributed by atoms with Gasteiger partial charge in [-0.2, -0.15) is 0 Å². The van der Waals surface area contributed by atoms with Gasteiger partial charge in [-0.25, -0.2) is 0 Å². The lowest BCUT2D eigenvalue weighted by Crippen LogP contribution is -2.03. The predicted octanol–water partition coefficient (Wildman–Crippen LogP) is 6.03. The zero-order valence-corrected chi connectivity index (χ0v) is 16.5. The van der Waals surface area contributed by atoms with Crippen molar-refractivity contribution in [3.63, 3.8) is 0 Å². The molecule has 1 aromatic carbocycles. The Morgan fingerprint density at radius 3 is 2.59 bits per heavy atom. The molecule has 4 heteroatoms.